The van der Waals surface area contributed by atoms with Crippen LogP contribution in [0.15, 0.2) is 30.7 Å². The first-order valence-electron chi connectivity index (χ1n) is 6.83. The van der Waals surface area contributed by atoms with Crippen LogP contribution in [0.2, 0.25) is 0 Å². The molecule has 0 aromatic carbocycles. The molecule has 1 atom stereocenters. The smallest absolute Gasteiger partial charge is 0.0604 e. The van der Waals surface area contributed by atoms with E-state index in [0.717, 1.165) is 19.3 Å². The number of nitrogens with zero attached hydrogens (tertiary/aromatic N) is 3. The van der Waals surface area contributed by atoms with E-state index in [2.05, 4.69) is 34.6 Å². The Labute approximate surface area is 114 Å². The molecule has 0 fully saturated rings. The molecule has 2 heterocycles. The third-order valence-electron chi connectivity index (χ3n) is 3.47. The quantitative estimate of drug-likeness (QED) is 0.864. The fourth-order valence-electron chi connectivity index (χ4n) is 2.39. The third kappa shape index (κ3) is 3.41. The first kappa shape index (κ1) is 13.7. The summed E-state index contributed by atoms with van der Waals surface area (Å²) in [6.45, 7) is 2.17. The summed E-state index contributed by atoms with van der Waals surface area (Å²) in [5.41, 5.74) is 3.78. The summed E-state index contributed by atoms with van der Waals surface area (Å²) in [6.07, 6.45) is 8.96. The summed E-state index contributed by atoms with van der Waals surface area (Å²) < 4.78 is 1.85. The highest BCUT2D eigenvalue weighted by molar-refractivity contribution is 5.23. The van der Waals surface area contributed by atoms with Crippen LogP contribution in [-0.2, 0) is 19.9 Å². The van der Waals surface area contributed by atoms with E-state index >= 15 is 0 Å². The summed E-state index contributed by atoms with van der Waals surface area (Å²) >= 11 is 0. The van der Waals surface area contributed by atoms with Crippen LogP contribution in [0.5, 0.6) is 0 Å². The molecule has 2 aromatic rings. The maximum Gasteiger partial charge on any atom is 0.0604 e. The Balaban J connectivity index is 2.07. The van der Waals surface area contributed by atoms with E-state index in [0.29, 0.717) is 6.04 Å². The second kappa shape index (κ2) is 6.48. The highest BCUT2D eigenvalue weighted by Crippen LogP contribution is 2.20. The van der Waals surface area contributed by atoms with Crippen LogP contribution < -0.4 is 5.32 Å². The molecule has 0 aliphatic heterocycles. The van der Waals surface area contributed by atoms with E-state index < -0.39 is 0 Å². The van der Waals surface area contributed by atoms with Crippen LogP contribution in [-0.4, -0.2) is 21.8 Å². The Morgan fingerprint density at radius 2 is 2.26 bits per heavy atom. The topological polar surface area (TPSA) is 42.7 Å². The Hall–Kier alpha value is -1.68. The molecular formula is C15H22N4. The second-order valence-electron chi connectivity index (χ2n) is 4.80. The number of hydrogen-bond donors (Lipinski definition) is 1. The van der Waals surface area contributed by atoms with Crippen LogP contribution in [0.1, 0.15) is 36.2 Å². The highest BCUT2D eigenvalue weighted by Gasteiger charge is 2.14. The average molecular weight is 258 g/mol. The lowest BCUT2D eigenvalue weighted by atomic mass is 9.99. The molecule has 0 saturated carbocycles. The molecule has 102 valence electrons. The third-order valence-corrected chi connectivity index (χ3v) is 3.47. The van der Waals surface area contributed by atoms with Crippen LogP contribution in [0, 0.1) is 0 Å². The predicted molar refractivity (Wildman–Crippen MR) is 76.9 cm³/mol. The fourth-order valence-corrected chi connectivity index (χ4v) is 2.39. The zero-order valence-electron chi connectivity index (χ0n) is 11.9. The van der Waals surface area contributed by atoms with Crippen molar-refractivity contribution in [1.82, 2.24) is 20.1 Å². The SMILES string of the molecule is CCc1cccnc1C(CCc1cnn(C)c1)NC. The lowest BCUT2D eigenvalue weighted by Crippen LogP contribution is -2.20. The van der Waals surface area contributed by atoms with Gasteiger partial charge in [0.05, 0.1) is 11.9 Å². The van der Waals surface area contributed by atoms with Gasteiger partial charge >= 0.3 is 0 Å². The van der Waals surface area contributed by atoms with Crippen LogP contribution in [0.25, 0.3) is 0 Å². The van der Waals surface area contributed by atoms with E-state index in [4.69, 9.17) is 0 Å². The van der Waals surface area contributed by atoms with Crippen molar-refractivity contribution in [3.8, 4) is 0 Å². The minimum Gasteiger partial charge on any atom is -0.312 e. The zero-order chi connectivity index (χ0) is 13.7. The van der Waals surface area contributed by atoms with Crippen LogP contribution in [0.4, 0.5) is 0 Å². The molecule has 19 heavy (non-hydrogen) atoms. The number of rotatable bonds is 6. The van der Waals surface area contributed by atoms with Gasteiger partial charge in [-0.2, -0.15) is 5.10 Å². The van der Waals surface area contributed by atoms with Crippen molar-refractivity contribution in [3.63, 3.8) is 0 Å². The molecular weight excluding hydrogens is 236 g/mol. The molecule has 2 aromatic heterocycles. The van der Waals surface area contributed by atoms with E-state index in [1.54, 1.807) is 0 Å². The Morgan fingerprint density at radius 3 is 2.89 bits per heavy atom. The van der Waals surface area contributed by atoms with Gasteiger partial charge < -0.3 is 5.32 Å². The second-order valence-corrected chi connectivity index (χ2v) is 4.80. The van der Waals surface area contributed by atoms with Crippen molar-refractivity contribution in [2.75, 3.05) is 7.05 Å². The normalized spacial score (nSPS) is 12.6. The Kier molecular flexibility index (Phi) is 4.68. The van der Waals surface area contributed by atoms with E-state index in [1.807, 2.05) is 37.2 Å². The first-order chi connectivity index (χ1) is 9.24. The maximum atomic E-state index is 4.55. The number of aromatic nitrogens is 3. The predicted octanol–water partition coefficient (Wildman–Crippen LogP) is 2.27. The van der Waals surface area contributed by atoms with Gasteiger partial charge in [-0.3, -0.25) is 9.67 Å². The van der Waals surface area contributed by atoms with Crippen molar-refractivity contribution >= 4 is 0 Å². The summed E-state index contributed by atoms with van der Waals surface area (Å²) in [7, 11) is 3.95. The van der Waals surface area contributed by atoms with E-state index in [9.17, 15) is 0 Å². The fraction of sp³-hybridized carbons (Fsp3) is 0.467. The van der Waals surface area contributed by atoms with E-state index in [-0.39, 0.29) is 0 Å². The Morgan fingerprint density at radius 1 is 1.42 bits per heavy atom. The van der Waals surface area contributed by atoms with Gasteiger partial charge in [0, 0.05) is 25.5 Å². The van der Waals surface area contributed by atoms with Crippen LogP contribution >= 0.6 is 0 Å². The van der Waals surface area contributed by atoms with Gasteiger partial charge in [0.1, 0.15) is 0 Å². The van der Waals surface area contributed by atoms with Gasteiger partial charge in [-0.1, -0.05) is 13.0 Å². The molecule has 0 amide bonds. The number of aryl methyl sites for hydroxylation is 3. The monoisotopic (exact) mass is 258 g/mol. The number of pyridine rings is 1. The molecule has 4 nitrogen and oxygen atoms in total. The molecule has 0 aliphatic rings. The largest absolute Gasteiger partial charge is 0.312 e. The number of nitrogens with one attached hydrogen (secondary N) is 1. The lowest BCUT2D eigenvalue weighted by Gasteiger charge is -2.18. The maximum absolute atomic E-state index is 4.55. The standard InChI is InChI=1S/C15H22N4/c1-4-13-6-5-9-17-15(13)14(16-2)8-7-12-10-18-19(3)11-12/h5-6,9-11,14,16H,4,7-8H2,1-3H3. The molecule has 2 rings (SSSR count). The van der Waals surface area contributed by atoms with Crippen molar-refractivity contribution in [2.24, 2.45) is 7.05 Å². The average Bonchev–Trinajstić information content (AvgIpc) is 2.86. The van der Waals surface area contributed by atoms with Gasteiger partial charge in [-0.05, 0) is 43.5 Å². The summed E-state index contributed by atoms with van der Waals surface area (Å²) in [5, 5.41) is 7.59. The van der Waals surface area contributed by atoms with Gasteiger partial charge in [-0.25, -0.2) is 0 Å². The summed E-state index contributed by atoms with van der Waals surface area (Å²) in [6, 6.07) is 4.48. The van der Waals surface area contributed by atoms with Gasteiger partial charge in [0.25, 0.3) is 0 Å². The van der Waals surface area contributed by atoms with Gasteiger partial charge in [0.2, 0.25) is 0 Å². The summed E-state index contributed by atoms with van der Waals surface area (Å²) in [5.74, 6) is 0. The van der Waals surface area contributed by atoms with Gasteiger partial charge in [0.15, 0.2) is 0 Å². The molecule has 1 N–H and O–H groups in total. The van der Waals surface area contributed by atoms with Crippen molar-refractivity contribution < 1.29 is 0 Å². The Bertz CT molecular complexity index is 518. The zero-order valence-corrected chi connectivity index (χ0v) is 11.9. The molecule has 4 heteroatoms. The van der Waals surface area contributed by atoms with Crippen LogP contribution in [0.3, 0.4) is 0 Å². The first-order valence-corrected chi connectivity index (χ1v) is 6.83. The lowest BCUT2D eigenvalue weighted by molar-refractivity contribution is 0.531. The molecule has 0 aliphatic carbocycles. The van der Waals surface area contributed by atoms with Crippen molar-refractivity contribution in [1.29, 1.82) is 0 Å². The number of hydrogen-bond acceptors (Lipinski definition) is 3. The van der Waals surface area contributed by atoms with Gasteiger partial charge in [-0.15, -0.1) is 0 Å². The molecule has 0 saturated heterocycles. The van der Waals surface area contributed by atoms with E-state index in [1.165, 1.54) is 16.8 Å². The summed E-state index contributed by atoms with van der Waals surface area (Å²) in [4.78, 5) is 4.55. The van der Waals surface area contributed by atoms with Crippen molar-refractivity contribution in [3.05, 3.63) is 47.5 Å². The molecule has 0 spiro atoms. The molecule has 0 bridgehead atoms. The molecule has 0 radical (unpaired) electrons. The minimum absolute atomic E-state index is 0.302. The minimum atomic E-state index is 0.302. The molecule has 1 unspecified atom stereocenters. The van der Waals surface area contributed by atoms with Crippen molar-refractivity contribution in [2.45, 2.75) is 32.2 Å². The highest BCUT2D eigenvalue weighted by atomic mass is 15.2.